The van der Waals surface area contributed by atoms with Gasteiger partial charge in [0.25, 0.3) is 0 Å². The molecular weight excluding hydrogens is 276 g/mol. The third-order valence-corrected chi connectivity index (χ3v) is 5.63. The van der Waals surface area contributed by atoms with Crippen molar-refractivity contribution in [3.05, 3.63) is 24.3 Å². The topological polar surface area (TPSA) is 60.9 Å². The lowest BCUT2D eigenvalue weighted by Gasteiger charge is -2.39. The van der Waals surface area contributed by atoms with Gasteiger partial charge in [-0.05, 0) is 43.5 Å². The van der Waals surface area contributed by atoms with Crippen molar-refractivity contribution in [3.8, 4) is 0 Å². The van der Waals surface area contributed by atoms with Gasteiger partial charge in [0, 0.05) is 32.4 Å². The molecule has 1 saturated carbocycles. The van der Waals surface area contributed by atoms with E-state index in [1.807, 2.05) is 12.1 Å². The summed E-state index contributed by atoms with van der Waals surface area (Å²) in [5, 5.41) is 9.18. The molecule has 0 heterocycles. The Morgan fingerprint density at radius 3 is 2.20 bits per heavy atom. The Morgan fingerprint density at radius 2 is 1.80 bits per heavy atom. The van der Waals surface area contributed by atoms with Crippen LogP contribution >= 0.6 is 0 Å². The van der Waals surface area contributed by atoms with E-state index >= 15 is 0 Å². The summed E-state index contributed by atoms with van der Waals surface area (Å²) in [6.45, 7) is 0.693. The molecule has 1 aromatic rings. The van der Waals surface area contributed by atoms with Crippen molar-refractivity contribution in [2.45, 2.75) is 30.2 Å². The average Bonchev–Trinajstić information content (AvgIpc) is 2.36. The van der Waals surface area contributed by atoms with Gasteiger partial charge in [0.15, 0.2) is 0 Å². The first-order valence-corrected chi connectivity index (χ1v) is 8.31. The average molecular weight is 298 g/mol. The van der Waals surface area contributed by atoms with Crippen LogP contribution in [-0.2, 0) is 10.0 Å². The second kappa shape index (κ2) is 6.11. The maximum absolute atomic E-state index is 12.0. The van der Waals surface area contributed by atoms with Gasteiger partial charge in [-0.1, -0.05) is 0 Å². The summed E-state index contributed by atoms with van der Waals surface area (Å²) in [7, 11) is -0.331. The Balaban J connectivity index is 2.22. The second-order valence-corrected chi connectivity index (χ2v) is 7.43. The zero-order valence-corrected chi connectivity index (χ0v) is 12.8. The monoisotopic (exact) mass is 298 g/mol. The van der Waals surface area contributed by atoms with E-state index in [1.54, 1.807) is 12.1 Å². The molecule has 1 N–H and O–H groups in total. The molecular formula is C14H22N2O3S. The van der Waals surface area contributed by atoms with Gasteiger partial charge in [0.2, 0.25) is 10.0 Å². The summed E-state index contributed by atoms with van der Waals surface area (Å²) in [6, 6.07) is 7.38. The Bertz CT molecular complexity index is 536. The largest absolute Gasteiger partial charge is 0.395 e. The van der Waals surface area contributed by atoms with Crippen molar-refractivity contribution >= 4 is 15.7 Å². The van der Waals surface area contributed by atoms with Crippen LogP contribution in [0.1, 0.15) is 19.3 Å². The van der Waals surface area contributed by atoms with E-state index in [0.717, 1.165) is 18.5 Å². The smallest absolute Gasteiger partial charge is 0.242 e. The Hall–Kier alpha value is -1.11. The first-order valence-electron chi connectivity index (χ1n) is 6.87. The Kier molecular flexibility index (Phi) is 4.67. The zero-order valence-electron chi connectivity index (χ0n) is 12.0. The molecule has 20 heavy (non-hydrogen) atoms. The van der Waals surface area contributed by atoms with E-state index < -0.39 is 10.0 Å². The van der Waals surface area contributed by atoms with E-state index in [9.17, 15) is 13.5 Å². The highest BCUT2D eigenvalue weighted by atomic mass is 32.2. The fourth-order valence-corrected chi connectivity index (χ4v) is 3.25. The second-order valence-electron chi connectivity index (χ2n) is 5.28. The summed E-state index contributed by atoms with van der Waals surface area (Å²) in [4.78, 5) is 2.46. The minimum absolute atomic E-state index is 0.105. The van der Waals surface area contributed by atoms with E-state index in [4.69, 9.17) is 0 Å². The van der Waals surface area contributed by atoms with Gasteiger partial charge in [-0.25, -0.2) is 12.7 Å². The number of anilines is 1. The molecule has 2 rings (SSSR count). The highest BCUT2D eigenvalue weighted by Gasteiger charge is 2.25. The minimum Gasteiger partial charge on any atom is -0.395 e. The molecule has 1 aromatic carbocycles. The highest BCUT2D eigenvalue weighted by molar-refractivity contribution is 7.89. The quantitative estimate of drug-likeness (QED) is 0.859. The lowest BCUT2D eigenvalue weighted by molar-refractivity contribution is 0.283. The summed E-state index contributed by atoms with van der Waals surface area (Å²) in [6.07, 6.45) is 3.50. The summed E-state index contributed by atoms with van der Waals surface area (Å²) < 4.78 is 25.2. The lowest BCUT2D eigenvalue weighted by Crippen LogP contribution is -2.41. The van der Waals surface area contributed by atoms with E-state index in [-0.39, 0.29) is 6.61 Å². The summed E-state index contributed by atoms with van der Waals surface area (Å²) in [5.41, 5.74) is 0.974. The van der Waals surface area contributed by atoms with Crippen LogP contribution < -0.4 is 4.90 Å². The van der Waals surface area contributed by atoms with Gasteiger partial charge in [0.05, 0.1) is 11.5 Å². The third-order valence-electron chi connectivity index (χ3n) is 3.80. The predicted octanol–water partition coefficient (Wildman–Crippen LogP) is 1.29. The maximum atomic E-state index is 12.0. The van der Waals surface area contributed by atoms with Crippen LogP contribution in [0.15, 0.2) is 29.2 Å². The molecule has 0 amide bonds. The molecule has 0 spiro atoms. The van der Waals surface area contributed by atoms with Crippen LogP contribution in [0.4, 0.5) is 5.69 Å². The molecule has 0 saturated heterocycles. The number of hydrogen-bond donors (Lipinski definition) is 1. The van der Waals surface area contributed by atoms with Gasteiger partial charge in [-0.2, -0.15) is 0 Å². The SMILES string of the molecule is CN(C)S(=O)(=O)c1ccc(N(CCO)C2CCC2)cc1. The number of aliphatic hydroxyl groups excluding tert-OH is 1. The molecule has 1 aliphatic carbocycles. The van der Waals surface area contributed by atoms with Gasteiger partial charge >= 0.3 is 0 Å². The van der Waals surface area contributed by atoms with Crippen LogP contribution in [0, 0.1) is 0 Å². The molecule has 0 atom stereocenters. The third kappa shape index (κ3) is 2.97. The van der Waals surface area contributed by atoms with Crippen LogP contribution in [-0.4, -0.2) is 51.1 Å². The van der Waals surface area contributed by atoms with Crippen LogP contribution in [0.5, 0.6) is 0 Å². The van der Waals surface area contributed by atoms with Crippen molar-refractivity contribution in [1.82, 2.24) is 4.31 Å². The molecule has 0 aliphatic heterocycles. The summed E-state index contributed by atoms with van der Waals surface area (Å²) >= 11 is 0. The van der Waals surface area contributed by atoms with E-state index in [0.29, 0.717) is 17.5 Å². The zero-order chi connectivity index (χ0) is 14.8. The molecule has 0 bridgehead atoms. The van der Waals surface area contributed by atoms with Gasteiger partial charge in [-0.15, -0.1) is 0 Å². The number of hydrogen-bond acceptors (Lipinski definition) is 4. The van der Waals surface area contributed by atoms with Crippen LogP contribution in [0.3, 0.4) is 0 Å². The van der Waals surface area contributed by atoms with Crippen molar-refractivity contribution in [2.24, 2.45) is 0 Å². The molecule has 0 aromatic heterocycles. The standard InChI is InChI=1S/C14H22N2O3S/c1-15(2)20(18,19)14-8-6-13(7-9-14)16(10-11-17)12-4-3-5-12/h6-9,12,17H,3-5,10-11H2,1-2H3. The van der Waals surface area contributed by atoms with Gasteiger partial charge in [-0.3, -0.25) is 0 Å². The lowest BCUT2D eigenvalue weighted by atomic mass is 9.91. The molecule has 6 heteroatoms. The molecule has 5 nitrogen and oxygen atoms in total. The summed E-state index contributed by atoms with van der Waals surface area (Å²) in [5.74, 6) is 0. The maximum Gasteiger partial charge on any atom is 0.242 e. The Morgan fingerprint density at radius 1 is 1.20 bits per heavy atom. The predicted molar refractivity (Wildman–Crippen MR) is 79.4 cm³/mol. The molecule has 1 fully saturated rings. The van der Waals surface area contributed by atoms with Crippen molar-refractivity contribution in [3.63, 3.8) is 0 Å². The fraction of sp³-hybridized carbons (Fsp3) is 0.571. The van der Waals surface area contributed by atoms with Crippen LogP contribution in [0.25, 0.3) is 0 Å². The normalized spacial score (nSPS) is 16.2. The molecule has 1 aliphatic rings. The van der Waals surface area contributed by atoms with Crippen LogP contribution in [0.2, 0.25) is 0 Å². The minimum atomic E-state index is -3.38. The number of nitrogens with zero attached hydrogens (tertiary/aromatic N) is 2. The molecule has 112 valence electrons. The van der Waals surface area contributed by atoms with E-state index in [2.05, 4.69) is 4.90 Å². The van der Waals surface area contributed by atoms with Crippen molar-refractivity contribution in [2.75, 3.05) is 32.1 Å². The van der Waals surface area contributed by atoms with Crippen molar-refractivity contribution < 1.29 is 13.5 Å². The Labute approximate surface area is 120 Å². The number of benzene rings is 1. The first kappa shape index (κ1) is 15.3. The number of aliphatic hydroxyl groups is 1. The molecule has 0 radical (unpaired) electrons. The first-order chi connectivity index (χ1) is 9.46. The fourth-order valence-electron chi connectivity index (χ4n) is 2.35. The highest BCUT2D eigenvalue weighted by Crippen LogP contribution is 2.30. The van der Waals surface area contributed by atoms with Gasteiger partial charge in [0.1, 0.15) is 0 Å². The van der Waals surface area contributed by atoms with Gasteiger partial charge < -0.3 is 10.0 Å². The van der Waals surface area contributed by atoms with Crippen molar-refractivity contribution in [1.29, 1.82) is 0 Å². The number of sulfonamides is 1. The van der Waals surface area contributed by atoms with E-state index in [1.165, 1.54) is 24.8 Å². The number of rotatable bonds is 6. The molecule has 0 unspecified atom stereocenters.